The van der Waals surface area contributed by atoms with Crippen molar-refractivity contribution in [3.05, 3.63) is 54.3 Å². The quantitative estimate of drug-likeness (QED) is 0.192. The third-order valence-electron chi connectivity index (χ3n) is 7.82. The molecule has 12 nitrogen and oxygen atoms in total. The summed E-state index contributed by atoms with van der Waals surface area (Å²) >= 11 is 0. The Kier molecular flexibility index (Phi) is 10.5. The third kappa shape index (κ3) is 7.33. The highest BCUT2D eigenvalue weighted by Gasteiger charge is 2.48. The molecule has 10 atom stereocenters. The molecule has 0 amide bonds. The maximum absolute atomic E-state index is 12.7. The van der Waals surface area contributed by atoms with Crippen LogP contribution in [0.3, 0.4) is 0 Å². The highest BCUT2D eigenvalue weighted by molar-refractivity contribution is 5.89. The lowest BCUT2D eigenvalue weighted by atomic mass is 9.78. The summed E-state index contributed by atoms with van der Waals surface area (Å²) in [6, 6.07) is 6.85. The largest absolute Gasteiger partial charge is 0.508 e. The van der Waals surface area contributed by atoms with Gasteiger partial charge >= 0.3 is 5.97 Å². The number of methoxy groups -OCH3 is 1. The molecule has 3 heterocycles. The van der Waals surface area contributed by atoms with Crippen LogP contribution in [0.25, 0.3) is 0 Å². The van der Waals surface area contributed by atoms with Crippen LogP contribution in [0.5, 0.6) is 5.75 Å². The minimum atomic E-state index is -1.65. The predicted octanol–water partition coefficient (Wildman–Crippen LogP) is 0.480. The first-order chi connectivity index (χ1) is 19.6. The molecular weight excluding hydrogens is 540 g/mol. The summed E-state index contributed by atoms with van der Waals surface area (Å²) in [6.45, 7) is 3.24. The Bertz CT molecular complexity index is 1090. The molecule has 0 aromatic heterocycles. The second-order valence-corrected chi connectivity index (χ2v) is 10.6. The number of aliphatic hydroxyl groups excluding tert-OH is 4. The molecule has 0 spiro atoms. The van der Waals surface area contributed by atoms with Crippen LogP contribution in [0.4, 0.5) is 0 Å². The number of hydrogen-bond donors (Lipinski definition) is 5. The van der Waals surface area contributed by atoms with E-state index in [1.165, 1.54) is 19.4 Å². The van der Waals surface area contributed by atoms with Gasteiger partial charge in [0.15, 0.2) is 6.29 Å². The van der Waals surface area contributed by atoms with Crippen LogP contribution in [-0.2, 0) is 39.7 Å². The first-order valence-electron chi connectivity index (χ1n) is 13.6. The second kappa shape index (κ2) is 13.9. The number of hydrogen-bond acceptors (Lipinski definition) is 12. The Morgan fingerprint density at radius 1 is 1.05 bits per heavy atom. The van der Waals surface area contributed by atoms with E-state index >= 15 is 0 Å². The van der Waals surface area contributed by atoms with Gasteiger partial charge in [0.2, 0.25) is 6.29 Å². The SMILES string of the molecule is C=C[C@@H]1[C@@H](O[C@@H]2O[C@H](CO)[C@@H](O)[C@H](O)[C@H]2O)OC=C(C(=O)OC)[C@H]1C[C@H]1CC(=O)C[C@H](CCc2ccc(O)cc2)O1. The van der Waals surface area contributed by atoms with Crippen molar-refractivity contribution in [2.75, 3.05) is 13.7 Å². The summed E-state index contributed by atoms with van der Waals surface area (Å²) in [6.07, 6.45) is -4.88. The topological polar surface area (TPSA) is 181 Å². The number of rotatable bonds is 10. The summed E-state index contributed by atoms with van der Waals surface area (Å²) < 4.78 is 28.2. The van der Waals surface area contributed by atoms with Crippen molar-refractivity contribution >= 4 is 11.8 Å². The minimum Gasteiger partial charge on any atom is -0.508 e. The molecule has 2 fully saturated rings. The van der Waals surface area contributed by atoms with Crippen molar-refractivity contribution in [1.82, 2.24) is 0 Å². The summed E-state index contributed by atoms with van der Waals surface area (Å²) in [5.41, 5.74) is 1.19. The Morgan fingerprint density at radius 2 is 1.76 bits per heavy atom. The van der Waals surface area contributed by atoms with Gasteiger partial charge in [-0.1, -0.05) is 18.2 Å². The van der Waals surface area contributed by atoms with E-state index in [-0.39, 0.29) is 42.5 Å². The molecule has 2 saturated heterocycles. The van der Waals surface area contributed by atoms with E-state index in [1.54, 1.807) is 12.1 Å². The van der Waals surface area contributed by atoms with E-state index in [2.05, 4.69) is 6.58 Å². The number of phenolic OH excluding ortho intramolecular Hbond substituents is 1. The third-order valence-corrected chi connectivity index (χ3v) is 7.82. The van der Waals surface area contributed by atoms with Gasteiger partial charge in [-0.05, 0) is 37.0 Å². The monoisotopic (exact) mass is 578 g/mol. The maximum Gasteiger partial charge on any atom is 0.337 e. The number of Topliss-reactive ketones (excluding diaryl/α,β-unsaturated/α-hetero) is 1. The molecule has 5 N–H and O–H groups in total. The smallest absolute Gasteiger partial charge is 0.337 e. The van der Waals surface area contributed by atoms with Gasteiger partial charge in [0.1, 0.15) is 35.9 Å². The van der Waals surface area contributed by atoms with E-state index in [1.807, 2.05) is 12.1 Å². The zero-order chi connectivity index (χ0) is 29.7. The predicted molar refractivity (Wildman–Crippen MR) is 141 cm³/mol. The highest BCUT2D eigenvalue weighted by atomic mass is 16.8. The van der Waals surface area contributed by atoms with E-state index < -0.39 is 67.5 Å². The molecule has 1 aromatic rings. The first-order valence-corrected chi connectivity index (χ1v) is 13.6. The van der Waals surface area contributed by atoms with Crippen molar-refractivity contribution in [3.8, 4) is 5.75 Å². The maximum atomic E-state index is 12.7. The first kappa shape index (κ1) is 31.1. The number of ketones is 1. The lowest BCUT2D eigenvalue weighted by Gasteiger charge is -2.43. The van der Waals surface area contributed by atoms with Gasteiger partial charge in [-0.2, -0.15) is 0 Å². The molecule has 3 aliphatic rings. The molecule has 1 aromatic carbocycles. The van der Waals surface area contributed by atoms with Crippen molar-refractivity contribution in [2.45, 2.75) is 81.3 Å². The van der Waals surface area contributed by atoms with E-state index in [9.17, 15) is 35.1 Å². The molecule has 12 heteroatoms. The van der Waals surface area contributed by atoms with Gasteiger partial charge in [-0.25, -0.2) is 4.79 Å². The van der Waals surface area contributed by atoms with Gasteiger partial charge in [0.05, 0.1) is 37.8 Å². The fraction of sp³-hybridized carbons (Fsp3) is 0.586. The number of carbonyl (C=O) groups excluding carboxylic acids is 2. The lowest BCUT2D eigenvalue weighted by Crippen LogP contribution is -2.60. The Balaban J connectivity index is 1.48. The zero-order valence-electron chi connectivity index (χ0n) is 22.8. The van der Waals surface area contributed by atoms with Crippen molar-refractivity contribution < 1.29 is 58.8 Å². The number of carbonyl (C=O) groups is 2. The fourth-order valence-corrected chi connectivity index (χ4v) is 5.57. The number of esters is 1. The van der Waals surface area contributed by atoms with E-state index in [4.69, 9.17) is 23.7 Å². The number of aryl methyl sites for hydroxylation is 1. The number of ether oxygens (including phenoxy) is 5. The standard InChI is InChI=1S/C29H38O12/c1-3-20-21(12-19-11-17(32)10-18(39-19)9-6-15-4-7-16(31)8-5-15)22(27(36)37-2)14-38-28(20)41-29-26(35)25(34)24(33)23(13-30)40-29/h3-5,7-8,14,18-21,23-26,28-31,33-35H,1,6,9-13H2,2H3/t18-,19+,20-,21-,23+,24+,25-,26+,28+,29-/m0/s1. The van der Waals surface area contributed by atoms with Crippen molar-refractivity contribution in [2.24, 2.45) is 11.8 Å². The molecule has 3 aliphatic heterocycles. The average Bonchev–Trinajstić information content (AvgIpc) is 2.96. The number of aromatic hydroxyl groups is 1. The number of benzene rings is 1. The molecule has 0 radical (unpaired) electrons. The van der Waals surface area contributed by atoms with E-state index in [0.717, 1.165) is 5.56 Å². The molecule has 0 unspecified atom stereocenters. The Morgan fingerprint density at radius 3 is 2.41 bits per heavy atom. The van der Waals surface area contributed by atoms with Crippen LogP contribution in [0.15, 0.2) is 48.8 Å². The summed E-state index contributed by atoms with van der Waals surface area (Å²) in [7, 11) is 1.24. The number of phenols is 1. The summed E-state index contributed by atoms with van der Waals surface area (Å²) in [4.78, 5) is 25.4. The summed E-state index contributed by atoms with van der Waals surface area (Å²) in [5.74, 6) is -1.74. The Hall–Kier alpha value is -2.84. The summed E-state index contributed by atoms with van der Waals surface area (Å²) in [5, 5.41) is 49.7. The average molecular weight is 579 g/mol. The van der Waals surface area contributed by atoms with Crippen molar-refractivity contribution in [1.29, 1.82) is 0 Å². The van der Waals surface area contributed by atoms with Crippen LogP contribution in [-0.4, -0.2) is 100 Å². The molecular formula is C29H38O12. The lowest BCUT2D eigenvalue weighted by molar-refractivity contribution is -0.339. The van der Waals surface area contributed by atoms with Gasteiger partial charge < -0.3 is 49.2 Å². The van der Waals surface area contributed by atoms with Crippen LogP contribution in [0.2, 0.25) is 0 Å². The highest BCUT2D eigenvalue weighted by Crippen LogP contribution is 2.39. The fourth-order valence-electron chi connectivity index (χ4n) is 5.57. The van der Waals surface area contributed by atoms with Crippen LogP contribution in [0, 0.1) is 11.8 Å². The number of aliphatic hydroxyl groups is 4. The molecule has 0 aliphatic carbocycles. The van der Waals surface area contributed by atoms with Crippen LogP contribution < -0.4 is 0 Å². The molecule has 226 valence electrons. The molecule has 4 rings (SSSR count). The van der Waals surface area contributed by atoms with Crippen LogP contribution >= 0.6 is 0 Å². The molecule has 0 saturated carbocycles. The van der Waals surface area contributed by atoms with Gasteiger partial charge in [-0.15, -0.1) is 6.58 Å². The van der Waals surface area contributed by atoms with Gasteiger partial charge in [-0.3, -0.25) is 4.79 Å². The van der Waals surface area contributed by atoms with Gasteiger partial charge in [0, 0.05) is 24.7 Å². The minimum absolute atomic E-state index is 0.0388. The van der Waals surface area contributed by atoms with Crippen molar-refractivity contribution in [3.63, 3.8) is 0 Å². The normalized spacial score (nSPS) is 35.7. The molecule has 0 bridgehead atoms. The van der Waals surface area contributed by atoms with Gasteiger partial charge in [0.25, 0.3) is 0 Å². The zero-order valence-corrected chi connectivity index (χ0v) is 22.8. The molecule has 41 heavy (non-hydrogen) atoms. The second-order valence-electron chi connectivity index (χ2n) is 10.6. The Labute approximate surface area is 237 Å². The van der Waals surface area contributed by atoms with E-state index in [0.29, 0.717) is 12.8 Å². The van der Waals surface area contributed by atoms with Crippen LogP contribution in [0.1, 0.15) is 31.2 Å².